The van der Waals surface area contributed by atoms with Crippen LogP contribution in [-0.2, 0) is 18.9 Å². The summed E-state index contributed by atoms with van der Waals surface area (Å²) in [6.07, 6.45) is 33.1. The van der Waals surface area contributed by atoms with Gasteiger partial charge in [-0.2, -0.15) is 0 Å². The molecule has 4 aliphatic heterocycles. The molecule has 12 aliphatic rings. The molecule has 0 bridgehead atoms. The van der Waals surface area contributed by atoms with E-state index in [-0.39, 0.29) is 46.4 Å². The van der Waals surface area contributed by atoms with E-state index in [1.54, 1.807) is 11.6 Å². The average molecular weight is 676 g/mol. The van der Waals surface area contributed by atoms with Crippen molar-refractivity contribution in [2.75, 3.05) is 0 Å². The molecule has 4 saturated heterocycles. The van der Waals surface area contributed by atoms with Gasteiger partial charge in [0.2, 0.25) is 0 Å². The highest BCUT2D eigenvalue weighted by atomic mass is 35.5. The van der Waals surface area contributed by atoms with E-state index < -0.39 is 15.9 Å². The lowest BCUT2D eigenvalue weighted by molar-refractivity contribution is 0.0475. The summed E-state index contributed by atoms with van der Waals surface area (Å²) < 4.78 is 47.8. The van der Waals surface area contributed by atoms with E-state index in [0.29, 0.717) is 18.6 Å². The van der Waals surface area contributed by atoms with Gasteiger partial charge >= 0.3 is 0 Å². The Bertz CT molecular complexity index is 1530. The van der Waals surface area contributed by atoms with Crippen molar-refractivity contribution >= 4 is 34.8 Å². The molecule has 4 nitrogen and oxygen atoms in total. The molecule has 0 aromatic rings. The van der Waals surface area contributed by atoms with Crippen LogP contribution in [0.3, 0.4) is 0 Å². The van der Waals surface area contributed by atoms with Crippen molar-refractivity contribution in [1.29, 1.82) is 0 Å². The fourth-order valence-corrected chi connectivity index (χ4v) is 9.98. The third-order valence-electron chi connectivity index (χ3n) is 11.7. The quantitative estimate of drug-likeness (QED) is 0.191. The zero-order chi connectivity index (χ0) is 30.9. The Hall–Kier alpha value is -1.51. The van der Waals surface area contributed by atoms with Crippen LogP contribution in [0.4, 0.5) is 8.78 Å². The summed E-state index contributed by atoms with van der Waals surface area (Å²) in [7, 11) is 0. The second-order valence-electron chi connectivity index (χ2n) is 14.0. The molecule has 0 aromatic carbocycles. The van der Waals surface area contributed by atoms with E-state index in [2.05, 4.69) is 42.5 Å². The van der Waals surface area contributed by atoms with Crippen molar-refractivity contribution in [2.45, 2.75) is 120 Å². The lowest BCUT2D eigenvalue weighted by atomic mass is 9.93. The molecule has 8 aliphatic carbocycles. The number of epoxide rings is 4. The summed E-state index contributed by atoms with van der Waals surface area (Å²) in [5.74, 6) is -2.63. The van der Waals surface area contributed by atoms with E-state index in [1.807, 2.05) is 18.2 Å². The van der Waals surface area contributed by atoms with Gasteiger partial charge in [0.15, 0.2) is 0 Å². The van der Waals surface area contributed by atoms with E-state index in [1.165, 1.54) is 30.9 Å². The van der Waals surface area contributed by atoms with Gasteiger partial charge in [-0.3, -0.25) is 0 Å². The molecule has 9 unspecified atom stereocenters. The van der Waals surface area contributed by atoms with Crippen LogP contribution in [0.1, 0.15) is 57.8 Å². The van der Waals surface area contributed by atoms with Gasteiger partial charge in [-0.25, -0.2) is 8.78 Å². The van der Waals surface area contributed by atoms with Gasteiger partial charge in [-0.1, -0.05) is 96.1 Å². The fraction of sp³-hybridized carbons (Fsp3) is 0.556. The Labute approximate surface area is 277 Å². The number of alkyl halides is 5. The van der Waals surface area contributed by atoms with Crippen molar-refractivity contribution in [3.8, 4) is 0 Å². The van der Waals surface area contributed by atoms with Gasteiger partial charge in [0.25, 0.3) is 5.92 Å². The second kappa shape index (κ2) is 9.78. The molecule has 0 amide bonds. The molecular weight excluding hydrogens is 641 g/mol. The number of rotatable bonds is 0. The molecule has 0 N–H and O–H groups in total. The van der Waals surface area contributed by atoms with Gasteiger partial charge in [0.1, 0.15) is 51.2 Å². The maximum atomic E-state index is 13.2. The van der Waals surface area contributed by atoms with Gasteiger partial charge in [0, 0.05) is 17.6 Å². The second-order valence-corrected chi connectivity index (χ2v) is 16.0. The molecular formula is C36H35Cl3F2O4. The lowest BCUT2D eigenvalue weighted by Crippen LogP contribution is -2.22. The largest absolute Gasteiger partial charge is 0.357 e. The van der Waals surface area contributed by atoms with E-state index in [0.717, 1.165) is 31.3 Å². The predicted octanol–water partition coefficient (Wildman–Crippen LogP) is 8.46. The molecule has 9 heteroatoms. The van der Waals surface area contributed by atoms with Crippen LogP contribution in [0, 0.1) is 0 Å². The van der Waals surface area contributed by atoms with Gasteiger partial charge in [-0.05, 0) is 62.5 Å². The maximum absolute atomic E-state index is 13.2. The van der Waals surface area contributed by atoms with Crippen LogP contribution < -0.4 is 0 Å². The first kappa shape index (κ1) is 29.6. The normalized spacial score (nSPS) is 48.1. The highest BCUT2D eigenvalue weighted by Gasteiger charge is 2.69. The Balaban J connectivity index is 0.0000000834. The van der Waals surface area contributed by atoms with Crippen molar-refractivity contribution in [1.82, 2.24) is 0 Å². The number of allylic oxidation sites excluding steroid dienone is 8. The number of hydrogen-bond donors (Lipinski definition) is 0. The zero-order valence-corrected chi connectivity index (χ0v) is 27.0. The van der Waals surface area contributed by atoms with Crippen molar-refractivity contribution in [2.24, 2.45) is 0 Å². The Morgan fingerprint density at radius 2 is 1.16 bits per heavy atom. The average Bonchev–Trinajstić information content (AvgIpc) is 3.95. The third-order valence-corrected chi connectivity index (χ3v) is 12.9. The van der Waals surface area contributed by atoms with E-state index in [4.69, 9.17) is 53.8 Å². The molecule has 238 valence electrons. The fourth-order valence-electron chi connectivity index (χ4n) is 8.97. The Morgan fingerprint density at radius 1 is 0.600 bits per heavy atom. The summed E-state index contributed by atoms with van der Waals surface area (Å²) in [5.41, 5.74) is 3.73. The number of halogens is 5. The van der Waals surface area contributed by atoms with Crippen molar-refractivity contribution < 1.29 is 27.7 Å². The molecule has 4 heterocycles. The minimum atomic E-state index is -2.63. The van der Waals surface area contributed by atoms with Crippen LogP contribution in [0.2, 0.25) is 0 Å². The maximum Gasteiger partial charge on any atom is 0.272 e. The molecule has 12 rings (SSSR count). The standard InChI is InChI=1S/C9H8Cl2O.C9H9ClO.C9H8F2O.C9H10O/c10-9(11)5-4-8-6(9)2-1-3-7(8)12-8;10-7-4-5-9-6(7)2-1-3-8(9)11-9;10-9(11)5-4-8-6(9)2-1-3-7(8)12-8;1-3-7-4-2-6-9(7)8(5-1)10-9/h1-3,7H,4-5H2;1-3,7-8H,4-5H2;1-3,7H,4-5H2;1,3,5,8H,2,4,6H2. The lowest BCUT2D eigenvalue weighted by Gasteiger charge is -2.16. The van der Waals surface area contributed by atoms with Crippen LogP contribution in [0.25, 0.3) is 0 Å². The highest BCUT2D eigenvalue weighted by Crippen LogP contribution is 2.63. The first-order valence-corrected chi connectivity index (χ1v) is 17.4. The molecule has 4 saturated carbocycles. The minimum absolute atomic E-state index is 0.0585. The Kier molecular flexibility index (Phi) is 6.43. The number of hydrogen-bond acceptors (Lipinski definition) is 4. The van der Waals surface area contributed by atoms with E-state index >= 15 is 0 Å². The smallest absolute Gasteiger partial charge is 0.272 e. The first-order valence-electron chi connectivity index (χ1n) is 16.2. The summed E-state index contributed by atoms with van der Waals surface area (Å²) >= 11 is 18.4. The van der Waals surface area contributed by atoms with Crippen molar-refractivity contribution in [3.05, 3.63) is 95.2 Å². The van der Waals surface area contributed by atoms with E-state index in [9.17, 15) is 8.78 Å². The zero-order valence-electron chi connectivity index (χ0n) is 24.7. The van der Waals surface area contributed by atoms with Crippen LogP contribution in [-0.4, -0.2) is 62.5 Å². The topological polar surface area (TPSA) is 50.1 Å². The number of ether oxygens (including phenoxy) is 4. The monoisotopic (exact) mass is 674 g/mol. The Morgan fingerprint density at radius 3 is 1.82 bits per heavy atom. The van der Waals surface area contributed by atoms with Gasteiger partial charge in [0.05, 0.1) is 5.38 Å². The molecule has 45 heavy (non-hydrogen) atoms. The highest BCUT2D eigenvalue weighted by molar-refractivity contribution is 6.51. The van der Waals surface area contributed by atoms with Crippen molar-refractivity contribution in [3.63, 3.8) is 0 Å². The molecule has 8 fully saturated rings. The molecule has 0 radical (unpaired) electrons. The molecule has 0 aromatic heterocycles. The summed E-state index contributed by atoms with van der Waals surface area (Å²) in [6, 6.07) is 0. The summed E-state index contributed by atoms with van der Waals surface area (Å²) in [5, 5.41) is 0.227. The van der Waals surface area contributed by atoms with Gasteiger partial charge in [-0.15, -0.1) is 11.6 Å². The van der Waals surface area contributed by atoms with Crippen LogP contribution >= 0.6 is 34.8 Å². The SMILES string of the molecule is C1=CC2OC23CCCC3=C1.ClC1(Cl)CCC23OC2C=CC=C13.ClC1CCC23OC2C=CC=C13.FC1(F)CCC23OC2C=CC=C13. The first-order chi connectivity index (χ1) is 21.5. The molecule has 9 atom stereocenters. The predicted molar refractivity (Wildman–Crippen MR) is 170 cm³/mol. The third kappa shape index (κ3) is 4.42. The van der Waals surface area contributed by atoms with Crippen LogP contribution in [0.5, 0.6) is 0 Å². The van der Waals surface area contributed by atoms with Gasteiger partial charge < -0.3 is 18.9 Å². The minimum Gasteiger partial charge on any atom is -0.357 e. The summed E-state index contributed by atoms with van der Waals surface area (Å²) in [4.78, 5) is 0. The van der Waals surface area contributed by atoms with Crippen LogP contribution in [0.15, 0.2) is 95.2 Å². The molecule has 4 spiro atoms. The summed E-state index contributed by atoms with van der Waals surface area (Å²) in [6.45, 7) is 0.